The van der Waals surface area contributed by atoms with Gasteiger partial charge in [-0.1, -0.05) is 0 Å². The molecule has 2 aliphatic heterocycles. The van der Waals surface area contributed by atoms with E-state index in [1.807, 2.05) is 0 Å². The number of hydrogen-bond donors (Lipinski definition) is 5. The highest BCUT2D eigenvalue weighted by Crippen LogP contribution is 2.49. The van der Waals surface area contributed by atoms with E-state index in [-0.39, 0.29) is 24.0 Å². The summed E-state index contributed by atoms with van der Waals surface area (Å²) in [5.74, 6) is -1.80. The second-order valence-electron chi connectivity index (χ2n) is 9.40. The molecule has 2 aromatic heterocycles. The van der Waals surface area contributed by atoms with E-state index in [9.17, 15) is 38.8 Å². The van der Waals surface area contributed by atoms with Crippen LogP contribution >= 0.6 is 7.60 Å². The standard InChI is InChI=1S/C21H29N4O12P/c1-10-6-24(19(30)22-17(10)28)15-4-12(13(8-26)35-15)37-38(32,33)9-34-21(3)14(27)5-16(36-21)25-7-11(2)18(29)23-20(25)31/h6-7,12-16,26-27H,4-5,8-9H2,1-3H3,(H,32,33)(H,22,28,30)(H,23,29,31)/t12-,13+,14-,15+,16+,21-/m0/s1. The van der Waals surface area contributed by atoms with E-state index in [1.165, 1.54) is 33.2 Å². The van der Waals surface area contributed by atoms with Gasteiger partial charge in [-0.15, -0.1) is 0 Å². The Hall–Kier alpha value is -2.69. The van der Waals surface area contributed by atoms with E-state index in [0.29, 0.717) is 0 Å². The van der Waals surface area contributed by atoms with Gasteiger partial charge in [-0.05, 0) is 20.8 Å². The Labute approximate surface area is 213 Å². The Balaban J connectivity index is 1.43. The summed E-state index contributed by atoms with van der Waals surface area (Å²) >= 11 is 0. The van der Waals surface area contributed by atoms with E-state index in [0.717, 1.165) is 9.13 Å². The van der Waals surface area contributed by atoms with Gasteiger partial charge in [0.25, 0.3) is 11.1 Å². The third-order valence-corrected chi connectivity index (χ3v) is 7.54. The Morgan fingerprint density at radius 1 is 1.05 bits per heavy atom. The van der Waals surface area contributed by atoms with Gasteiger partial charge < -0.3 is 33.8 Å². The fraction of sp³-hybridized carbons (Fsp3) is 0.619. The van der Waals surface area contributed by atoms with Gasteiger partial charge in [0.1, 0.15) is 30.8 Å². The van der Waals surface area contributed by atoms with E-state index in [2.05, 4.69) is 9.97 Å². The maximum Gasteiger partial charge on any atom is 0.354 e. The number of rotatable bonds is 8. The predicted molar refractivity (Wildman–Crippen MR) is 128 cm³/mol. The van der Waals surface area contributed by atoms with Crippen LogP contribution in [0.15, 0.2) is 31.6 Å². The molecular weight excluding hydrogens is 531 g/mol. The normalized spacial score (nSPS) is 30.9. The van der Waals surface area contributed by atoms with Crippen molar-refractivity contribution in [3.63, 3.8) is 0 Å². The topological polar surface area (TPSA) is 224 Å². The second kappa shape index (κ2) is 10.5. The summed E-state index contributed by atoms with van der Waals surface area (Å²) < 4.78 is 37.1. The van der Waals surface area contributed by atoms with Crippen LogP contribution in [-0.2, 0) is 23.3 Å². The molecular formula is C21H29N4O12P. The molecule has 4 heterocycles. The zero-order chi connectivity index (χ0) is 28.0. The molecule has 38 heavy (non-hydrogen) atoms. The smallest absolute Gasteiger partial charge is 0.354 e. The number of nitrogens with zero attached hydrogens (tertiary/aromatic N) is 2. The monoisotopic (exact) mass is 560 g/mol. The lowest BCUT2D eigenvalue weighted by molar-refractivity contribution is -0.248. The summed E-state index contributed by atoms with van der Waals surface area (Å²) in [6.45, 7) is 3.70. The van der Waals surface area contributed by atoms with Crippen molar-refractivity contribution in [3.8, 4) is 0 Å². The van der Waals surface area contributed by atoms with Crippen molar-refractivity contribution in [1.29, 1.82) is 0 Å². The molecule has 210 valence electrons. The molecule has 2 aliphatic rings. The van der Waals surface area contributed by atoms with Crippen LogP contribution in [0.2, 0.25) is 0 Å². The van der Waals surface area contributed by atoms with Crippen LogP contribution in [0.1, 0.15) is 43.3 Å². The Morgan fingerprint density at radius 2 is 1.61 bits per heavy atom. The summed E-state index contributed by atoms with van der Waals surface area (Å²) in [6.07, 6.45) is -4.12. The van der Waals surface area contributed by atoms with Gasteiger partial charge in [-0.3, -0.25) is 33.3 Å². The number of aliphatic hydroxyl groups excluding tert-OH is 2. The highest BCUT2D eigenvalue weighted by Gasteiger charge is 2.49. The number of ether oxygens (including phenoxy) is 3. The maximum absolute atomic E-state index is 12.9. The van der Waals surface area contributed by atoms with Crippen LogP contribution < -0.4 is 22.5 Å². The summed E-state index contributed by atoms with van der Waals surface area (Å²) in [4.78, 5) is 62.4. The van der Waals surface area contributed by atoms with Crippen molar-refractivity contribution in [3.05, 3.63) is 65.2 Å². The fourth-order valence-corrected chi connectivity index (χ4v) is 5.43. The van der Waals surface area contributed by atoms with Crippen molar-refractivity contribution in [2.24, 2.45) is 0 Å². The van der Waals surface area contributed by atoms with E-state index in [4.69, 9.17) is 18.7 Å². The first-order chi connectivity index (χ1) is 17.7. The van der Waals surface area contributed by atoms with E-state index >= 15 is 0 Å². The number of aromatic amines is 2. The molecule has 2 fully saturated rings. The Bertz CT molecular complexity index is 1480. The summed E-state index contributed by atoms with van der Waals surface area (Å²) in [7, 11) is -4.54. The van der Waals surface area contributed by atoms with Crippen LogP contribution in [0.25, 0.3) is 0 Å². The molecule has 0 aromatic carbocycles. The molecule has 17 heteroatoms. The van der Waals surface area contributed by atoms with Gasteiger partial charge in [0, 0.05) is 36.4 Å². The molecule has 0 amide bonds. The van der Waals surface area contributed by atoms with Gasteiger partial charge in [0.2, 0.25) is 0 Å². The zero-order valence-electron chi connectivity index (χ0n) is 20.7. The van der Waals surface area contributed by atoms with Gasteiger partial charge in [0.05, 0.1) is 6.61 Å². The van der Waals surface area contributed by atoms with Crippen molar-refractivity contribution >= 4 is 7.60 Å². The fourth-order valence-electron chi connectivity index (χ4n) is 4.30. The van der Waals surface area contributed by atoms with Crippen molar-refractivity contribution in [1.82, 2.24) is 19.1 Å². The Morgan fingerprint density at radius 3 is 2.16 bits per heavy atom. The molecule has 16 nitrogen and oxygen atoms in total. The van der Waals surface area contributed by atoms with Crippen LogP contribution in [0.5, 0.6) is 0 Å². The molecule has 0 radical (unpaired) electrons. The molecule has 2 saturated heterocycles. The number of hydrogen-bond acceptors (Lipinski definition) is 11. The molecule has 5 N–H and O–H groups in total. The third-order valence-electron chi connectivity index (χ3n) is 6.49. The second-order valence-corrected chi connectivity index (χ2v) is 11.1. The lowest BCUT2D eigenvalue weighted by Gasteiger charge is -2.29. The molecule has 4 rings (SSSR count). The van der Waals surface area contributed by atoms with Crippen molar-refractivity contribution in [2.75, 3.05) is 13.0 Å². The molecule has 0 bridgehead atoms. The minimum absolute atomic E-state index is 0.103. The lowest BCUT2D eigenvalue weighted by atomic mass is 10.1. The lowest BCUT2D eigenvalue weighted by Crippen LogP contribution is -2.40. The highest BCUT2D eigenvalue weighted by molar-refractivity contribution is 7.52. The number of aryl methyl sites for hydroxylation is 2. The van der Waals surface area contributed by atoms with Gasteiger partial charge in [-0.2, -0.15) is 0 Å². The van der Waals surface area contributed by atoms with Gasteiger partial charge >= 0.3 is 19.0 Å². The average Bonchev–Trinajstić information content (AvgIpc) is 3.37. The van der Waals surface area contributed by atoms with Gasteiger partial charge in [-0.25, -0.2) is 9.59 Å². The minimum Gasteiger partial charge on any atom is -0.394 e. The number of aliphatic hydroxyl groups is 2. The molecule has 0 spiro atoms. The first kappa shape index (κ1) is 28.3. The minimum atomic E-state index is -4.54. The van der Waals surface area contributed by atoms with Crippen molar-refractivity contribution < 1.29 is 38.4 Å². The summed E-state index contributed by atoms with van der Waals surface area (Å²) in [5.41, 5.74) is -2.19. The highest BCUT2D eigenvalue weighted by atomic mass is 31.2. The quantitative estimate of drug-likeness (QED) is 0.233. The SMILES string of the molecule is Cc1cn([C@H]2C[C@H](OP(=O)(O)CO[C@@]3(C)O[C@@H](n4cc(C)c(=O)[nH]c4=O)C[C@@H]3O)[C@@H](CO)O2)c(=O)[nH]c1=O. The third kappa shape index (κ3) is 5.67. The van der Waals surface area contributed by atoms with Crippen molar-refractivity contribution in [2.45, 2.75) is 70.2 Å². The molecule has 1 unspecified atom stereocenters. The molecule has 0 aliphatic carbocycles. The maximum atomic E-state index is 12.9. The molecule has 2 aromatic rings. The van der Waals surface area contributed by atoms with Gasteiger partial charge in [0.15, 0.2) is 12.1 Å². The first-order valence-corrected chi connectivity index (χ1v) is 13.4. The Kier molecular flexibility index (Phi) is 7.80. The van der Waals surface area contributed by atoms with Crippen LogP contribution in [0, 0.1) is 13.8 Å². The van der Waals surface area contributed by atoms with E-state index < -0.39 is 79.6 Å². The predicted octanol–water partition coefficient (Wildman–Crippen LogP) is -1.48. The van der Waals surface area contributed by atoms with E-state index in [1.54, 1.807) is 0 Å². The summed E-state index contributed by atoms with van der Waals surface area (Å²) in [6, 6.07) is 0. The largest absolute Gasteiger partial charge is 0.394 e. The van der Waals surface area contributed by atoms with Crippen LogP contribution in [-0.4, -0.2) is 71.3 Å². The number of H-pyrrole nitrogens is 2. The zero-order valence-corrected chi connectivity index (χ0v) is 21.6. The summed E-state index contributed by atoms with van der Waals surface area (Å²) in [5, 5.41) is 20.2. The number of nitrogens with one attached hydrogen (secondary N) is 2. The molecule has 7 atom stereocenters. The van der Waals surface area contributed by atoms with Crippen LogP contribution in [0.3, 0.4) is 0 Å². The number of aromatic nitrogens is 4. The molecule has 0 saturated carbocycles. The first-order valence-electron chi connectivity index (χ1n) is 11.6. The van der Waals surface area contributed by atoms with Crippen LogP contribution in [0.4, 0.5) is 0 Å². The average molecular weight is 560 g/mol.